The van der Waals surface area contributed by atoms with Crippen LogP contribution in [-0.4, -0.2) is 157 Å². The van der Waals surface area contributed by atoms with Crippen LogP contribution in [0.25, 0.3) is 0 Å². The van der Waals surface area contributed by atoms with E-state index in [2.05, 4.69) is 4.89 Å². The van der Waals surface area contributed by atoms with E-state index in [-0.39, 0.29) is 0 Å². The molecular formula is C18H32O16. The van der Waals surface area contributed by atoms with E-state index in [0.29, 0.717) is 0 Å². The van der Waals surface area contributed by atoms with E-state index in [1.165, 1.54) is 6.92 Å². The molecule has 0 saturated carbocycles. The molecule has 3 aliphatic heterocycles. The van der Waals surface area contributed by atoms with Gasteiger partial charge in [-0.25, -0.2) is 4.89 Å². The van der Waals surface area contributed by atoms with Crippen molar-refractivity contribution in [3.63, 3.8) is 0 Å². The van der Waals surface area contributed by atoms with E-state index in [1.807, 2.05) is 0 Å². The van der Waals surface area contributed by atoms with Crippen molar-refractivity contribution in [2.24, 2.45) is 0 Å². The number of hydrogen-bond acceptors (Lipinski definition) is 16. The third-order valence-electron chi connectivity index (χ3n) is 6.15. The molecule has 34 heavy (non-hydrogen) atoms. The molecule has 16 heteroatoms. The van der Waals surface area contributed by atoms with Gasteiger partial charge in [-0.2, -0.15) is 0 Å². The average Bonchev–Trinajstić information content (AvgIpc) is 2.81. The number of rotatable bonds is 7. The van der Waals surface area contributed by atoms with Crippen LogP contribution >= 0.6 is 0 Å². The molecule has 15 atom stereocenters. The number of hydrogen-bond donors (Lipinski definition) is 10. The normalized spacial score (nSPS) is 52.5. The van der Waals surface area contributed by atoms with E-state index in [1.54, 1.807) is 0 Å². The summed E-state index contributed by atoms with van der Waals surface area (Å²) in [6.07, 6.45) is -24.3. The van der Waals surface area contributed by atoms with E-state index >= 15 is 0 Å². The second kappa shape index (κ2) is 11.6. The van der Waals surface area contributed by atoms with Gasteiger partial charge in [0, 0.05) is 0 Å². The van der Waals surface area contributed by atoms with Crippen LogP contribution in [0, 0.1) is 0 Å². The summed E-state index contributed by atoms with van der Waals surface area (Å²) in [7, 11) is 0. The fourth-order valence-corrected chi connectivity index (χ4v) is 4.07. The largest absolute Gasteiger partial charge is 0.394 e. The smallest absolute Gasteiger partial charge is 0.190 e. The molecule has 0 unspecified atom stereocenters. The Morgan fingerprint density at radius 2 is 1.18 bits per heavy atom. The van der Waals surface area contributed by atoms with E-state index in [0.717, 1.165) is 0 Å². The van der Waals surface area contributed by atoms with Crippen LogP contribution in [0.5, 0.6) is 0 Å². The van der Waals surface area contributed by atoms with Gasteiger partial charge in [0.2, 0.25) is 0 Å². The van der Waals surface area contributed by atoms with Crippen LogP contribution in [0.2, 0.25) is 0 Å². The lowest BCUT2D eigenvalue weighted by Crippen LogP contribution is -2.66. The van der Waals surface area contributed by atoms with Gasteiger partial charge in [-0.05, 0) is 6.92 Å². The van der Waals surface area contributed by atoms with Crippen molar-refractivity contribution in [2.45, 2.75) is 99.0 Å². The Morgan fingerprint density at radius 3 is 1.76 bits per heavy atom. The van der Waals surface area contributed by atoms with Crippen LogP contribution in [0.4, 0.5) is 0 Å². The summed E-state index contributed by atoms with van der Waals surface area (Å²) < 4.78 is 26.9. The van der Waals surface area contributed by atoms with Gasteiger partial charge in [-0.3, -0.25) is 5.26 Å². The minimum absolute atomic E-state index is 0.757. The lowest BCUT2D eigenvalue weighted by atomic mass is 9.96. The zero-order valence-electron chi connectivity index (χ0n) is 18.0. The summed E-state index contributed by atoms with van der Waals surface area (Å²) in [6.45, 7) is -0.152. The van der Waals surface area contributed by atoms with Crippen LogP contribution in [-0.2, 0) is 28.6 Å². The van der Waals surface area contributed by atoms with Crippen molar-refractivity contribution in [1.82, 2.24) is 0 Å². The maximum absolute atomic E-state index is 10.7. The highest BCUT2D eigenvalue weighted by molar-refractivity contribution is 4.96. The standard InChI is InChI=1S/C18H32O16/c1-4-7(21)11(25)14(34-28)18(29-4)33-15-13(9(23)6(3-20)30-16(15)27)32-17-12(26)10(24)8(22)5(2-19)31-17/h4-28H,2-3H2,1H3/t4-,5+,6+,7+,8-,9-,10-,11+,12+,13-,14-,15+,16-,17+,18-/m0/s1. The Morgan fingerprint density at radius 1 is 0.588 bits per heavy atom. The quantitative estimate of drug-likeness (QED) is 0.114. The summed E-state index contributed by atoms with van der Waals surface area (Å²) in [4.78, 5) is 4.16. The van der Waals surface area contributed by atoms with E-state index in [9.17, 15) is 46.0 Å². The Bertz CT molecular complexity index is 639. The predicted molar refractivity (Wildman–Crippen MR) is 101 cm³/mol. The first-order chi connectivity index (χ1) is 16.0. The molecule has 0 aromatic carbocycles. The molecule has 0 aliphatic carbocycles. The minimum atomic E-state index is -1.90. The molecule has 0 bridgehead atoms. The first kappa shape index (κ1) is 27.9. The van der Waals surface area contributed by atoms with Gasteiger partial charge in [0.15, 0.2) is 25.0 Å². The van der Waals surface area contributed by atoms with Crippen LogP contribution in [0.3, 0.4) is 0 Å². The SMILES string of the molecule is C[C@@H]1O[C@@H](O[C@@H]2[C@@H](O[C@H]3O[C@H](CO)[C@H](O)[C@H](O)[C@H]3O)[C@@H](O)[C@@H](CO)O[C@@H]2O)[C@@H](OO)[C@H](O)[C@@H]1O. The molecule has 0 radical (unpaired) electrons. The van der Waals surface area contributed by atoms with Crippen molar-refractivity contribution in [3.05, 3.63) is 0 Å². The molecule has 10 N–H and O–H groups in total. The van der Waals surface area contributed by atoms with E-state index < -0.39 is 105 Å². The molecule has 0 amide bonds. The molecular weight excluding hydrogens is 472 g/mol. The van der Waals surface area contributed by atoms with Gasteiger partial charge < -0.3 is 69.6 Å². The highest BCUT2D eigenvalue weighted by atomic mass is 17.1. The van der Waals surface area contributed by atoms with Crippen molar-refractivity contribution >= 4 is 0 Å². The molecule has 3 aliphatic rings. The van der Waals surface area contributed by atoms with Gasteiger partial charge in [-0.15, -0.1) is 0 Å². The fraction of sp³-hybridized carbons (Fsp3) is 1.00. The predicted octanol–water partition coefficient (Wildman–Crippen LogP) is -6.05. The minimum Gasteiger partial charge on any atom is -0.394 e. The summed E-state index contributed by atoms with van der Waals surface area (Å²) in [5, 5.41) is 99.4. The van der Waals surface area contributed by atoms with Gasteiger partial charge in [-0.1, -0.05) is 0 Å². The van der Waals surface area contributed by atoms with Crippen molar-refractivity contribution < 1.29 is 79.8 Å². The number of aliphatic hydroxyl groups is 9. The molecule has 3 rings (SSSR count). The maximum Gasteiger partial charge on any atom is 0.190 e. The second-order valence-electron chi connectivity index (χ2n) is 8.40. The Balaban J connectivity index is 1.84. The molecule has 3 saturated heterocycles. The highest BCUT2D eigenvalue weighted by Crippen LogP contribution is 2.33. The molecule has 0 aromatic rings. The second-order valence-corrected chi connectivity index (χ2v) is 8.40. The Labute approximate surface area is 192 Å². The lowest BCUT2D eigenvalue weighted by Gasteiger charge is -2.48. The van der Waals surface area contributed by atoms with Crippen molar-refractivity contribution in [1.29, 1.82) is 0 Å². The average molecular weight is 504 g/mol. The summed E-state index contributed by atoms with van der Waals surface area (Å²) in [5.41, 5.74) is 0. The summed E-state index contributed by atoms with van der Waals surface area (Å²) in [6, 6.07) is 0. The molecule has 3 heterocycles. The number of aliphatic hydroxyl groups excluding tert-OH is 9. The van der Waals surface area contributed by atoms with Crippen molar-refractivity contribution in [2.75, 3.05) is 13.2 Å². The zero-order valence-corrected chi connectivity index (χ0v) is 18.0. The monoisotopic (exact) mass is 504 g/mol. The summed E-state index contributed by atoms with van der Waals surface area (Å²) in [5.74, 6) is 0. The highest BCUT2D eigenvalue weighted by Gasteiger charge is 2.54. The van der Waals surface area contributed by atoms with E-state index in [4.69, 9.17) is 28.9 Å². The van der Waals surface area contributed by atoms with Gasteiger partial charge in [0.05, 0.1) is 19.3 Å². The lowest BCUT2D eigenvalue weighted by molar-refractivity contribution is -0.416. The van der Waals surface area contributed by atoms with Crippen LogP contribution in [0.15, 0.2) is 0 Å². The van der Waals surface area contributed by atoms with Crippen molar-refractivity contribution in [3.8, 4) is 0 Å². The molecule has 0 aromatic heterocycles. The molecule has 0 spiro atoms. The summed E-state index contributed by atoms with van der Waals surface area (Å²) >= 11 is 0. The molecule has 200 valence electrons. The Kier molecular flexibility index (Phi) is 9.54. The van der Waals surface area contributed by atoms with Gasteiger partial charge in [0.25, 0.3) is 0 Å². The fourth-order valence-electron chi connectivity index (χ4n) is 4.07. The molecule has 3 fully saturated rings. The Hall–Kier alpha value is -0.640. The third-order valence-corrected chi connectivity index (χ3v) is 6.15. The first-order valence-electron chi connectivity index (χ1n) is 10.6. The maximum atomic E-state index is 10.7. The first-order valence-corrected chi connectivity index (χ1v) is 10.6. The topological polar surface area (TPSA) is 258 Å². The zero-order chi connectivity index (χ0) is 25.3. The third kappa shape index (κ3) is 5.37. The van der Waals surface area contributed by atoms with Crippen LogP contribution in [0.1, 0.15) is 6.92 Å². The van der Waals surface area contributed by atoms with Gasteiger partial charge >= 0.3 is 0 Å². The van der Waals surface area contributed by atoms with Gasteiger partial charge in [0.1, 0.15) is 61.0 Å². The number of ether oxygens (including phenoxy) is 5. The molecule has 16 nitrogen and oxygen atoms in total. The van der Waals surface area contributed by atoms with Crippen LogP contribution < -0.4 is 0 Å².